The number of fused-ring (bicyclic) bond motifs is 1. The molecule has 4 aromatic rings. The Morgan fingerprint density at radius 1 is 1.19 bits per heavy atom. The first-order chi connectivity index (χ1) is 17.0. The van der Waals surface area contributed by atoms with Gasteiger partial charge in [0.25, 0.3) is 12.3 Å². The van der Waals surface area contributed by atoms with Gasteiger partial charge >= 0.3 is 5.69 Å². The van der Waals surface area contributed by atoms with Gasteiger partial charge in [-0.2, -0.15) is 10.2 Å². The molecule has 4 rings (SSSR count). The van der Waals surface area contributed by atoms with Gasteiger partial charge in [0.1, 0.15) is 33.8 Å². The van der Waals surface area contributed by atoms with Crippen molar-refractivity contribution < 1.29 is 23.3 Å². The van der Waals surface area contributed by atoms with Crippen LogP contribution in [0.4, 0.5) is 20.2 Å². The Balaban J connectivity index is 1.85. The molecule has 2 amide bonds. The number of nitrogens with one attached hydrogen (secondary N) is 1. The number of hydrogen-bond acceptors (Lipinski definition) is 8. The molecule has 4 heterocycles. The molecular formula is C21H20F2N8O4S. The minimum Gasteiger partial charge on any atom is -0.365 e. The summed E-state index contributed by atoms with van der Waals surface area (Å²) >= 11 is 0.777. The first-order valence-electron chi connectivity index (χ1n) is 10.6. The van der Waals surface area contributed by atoms with Crippen LogP contribution < -0.4 is 11.1 Å². The fourth-order valence-electron chi connectivity index (χ4n) is 3.77. The number of aromatic nitrogens is 5. The number of rotatable bonds is 8. The zero-order chi connectivity index (χ0) is 26.3. The summed E-state index contributed by atoms with van der Waals surface area (Å²) in [4.78, 5) is 39.6. The van der Waals surface area contributed by atoms with Gasteiger partial charge in [-0.15, -0.1) is 11.3 Å². The Morgan fingerprint density at radius 3 is 2.44 bits per heavy atom. The molecule has 0 atom stereocenters. The summed E-state index contributed by atoms with van der Waals surface area (Å²) in [6.07, 6.45) is -0.0937. The van der Waals surface area contributed by atoms with E-state index in [0.717, 1.165) is 22.2 Å². The van der Waals surface area contributed by atoms with Gasteiger partial charge in [-0.05, 0) is 32.4 Å². The maximum Gasteiger partial charge on any atom is 0.309 e. The second kappa shape index (κ2) is 9.41. The van der Waals surface area contributed by atoms with Crippen molar-refractivity contribution in [2.24, 2.45) is 5.73 Å². The number of nitro groups is 1. The molecule has 4 aromatic heterocycles. The van der Waals surface area contributed by atoms with Gasteiger partial charge < -0.3 is 11.1 Å². The fourth-order valence-corrected chi connectivity index (χ4v) is 4.79. The number of alkyl halides is 2. The summed E-state index contributed by atoms with van der Waals surface area (Å²) in [6.45, 7) is 5.14. The molecule has 0 aromatic carbocycles. The van der Waals surface area contributed by atoms with Gasteiger partial charge in [0.05, 0.1) is 16.3 Å². The minimum atomic E-state index is -2.88. The molecule has 0 aliphatic heterocycles. The smallest absolute Gasteiger partial charge is 0.309 e. The van der Waals surface area contributed by atoms with Gasteiger partial charge in [0, 0.05) is 23.7 Å². The highest BCUT2D eigenvalue weighted by atomic mass is 32.1. The number of aryl methyl sites for hydroxylation is 3. The summed E-state index contributed by atoms with van der Waals surface area (Å²) in [5.41, 5.74) is 6.29. The highest BCUT2D eigenvalue weighted by Gasteiger charge is 2.26. The number of pyridine rings is 1. The number of nitrogens with zero attached hydrogens (tertiary/aromatic N) is 6. The van der Waals surface area contributed by atoms with E-state index in [0.29, 0.717) is 23.4 Å². The number of nitrogens with two attached hydrogens (primary N) is 1. The van der Waals surface area contributed by atoms with E-state index in [2.05, 4.69) is 20.5 Å². The molecule has 0 saturated carbocycles. The Labute approximate surface area is 205 Å². The predicted molar refractivity (Wildman–Crippen MR) is 127 cm³/mol. The van der Waals surface area contributed by atoms with Crippen LogP contribution in [-0.2, 0) is 17.9 Å². The van der Waals surface area contributed by atoms with Crippen molar-refractivity contribution in [2.75, 3.05) is 5.32 Å². The minimum absolute atomic E-state index is 0.0119. The number of primary amides is 1. The van der Waals surface area contributed by atoms with E-state index >= 15 is 0 Å². The maximum atomic E-state index is 13.7. The standard InChI is InChI=1S/C21H20F2N8O4S/c1-4-29-6-12(9(2)27-29)11-5-13(19(22)23)25-21-16(11)17(18(36-21)20(24)33)26-15(32)8-30-7-14(31(34)35)10(3)28-30/h5-7,19H,4,8H2,1-3H3,(H2,24,33)(H,26,32). The van der Waals surface area contributed by atoms with Crippen LogP contribution in [0.15, 0.2) is 18.5 Å². The number of anilines is 1. The molecule has 36 heavy (non-hydrogen) atoms. The van der Waals surface area contributed by atoms with E-state index in [4.69, 9.17) is 5.73 Å². The van der Waals surface area contributed by atoms with Crippen LogP contribution >= 0.6 is 11.3 Å². The molecule has 0 radical (unpaired) electrons. The Morgan fingerprint density at radius 2 is 1.89 bits per heavy atom. The van der Waals surface area contributed by atoms with Crippen molar-refractivity contribution in [1.29, 1.82) is 0 Å². The van der Waals surface area contributed by atoms with Crippen LogP contribution in [0.2, 0.25) is 0 Å². The zero-order valence-corrected chi connectivity index (χ0v) is 20.1. The predicted octanol–water partition coefficient (Wildman–Crippen LogP) is 3.58. The van der Waals surface area contributed by atoms with E-state index in [1.54, 1.807) is 17.8 Å². The third-order valence-corrected chi connectivity index (χ3v) is 6.48. The quantitative estimate of drug-likeness (QED) is 0.266. The van der Waals surface area contributed by atoms with Crippen molar-refractivity contribution in [3.8, 4) is 11.1 Å². The van der Waals surface area contributed by atoms with E-state index in [9.17, 15) is 28.5 Å². The number of thiophene rings is 1. The third kappa shape index (κ3) is 4.51. The summed E-state index contributed by atoms with van der Waals surface area (Å²) in [6, 6.07) is 1.20. The largest absolute Gasteiger partial charge is 0.365 e. The highest BCUT2D eigenvalue weighted by Crippen LogP contribution is 2.43. The first-order valence-corrected chi connectivity index (χ1v) is 11.4. The molecule has 0 saturated heterocycles. The molecule has 12 nitrogen and oxygen atoms in total. The normalized spacial score (nSPS) is 11.4. The highest BCUT2D eigenvalue weighted by molar-refractivity contribution is 7.21. The molecular weight excluding hydrogens is 498 g/mol. The lowest BCUT2D eigenvalue weighted by Crippen LogP contribution is -2.21. The van der Waals surface area contributed by atoms with Crippen molar-refractivity contribution >= 4 is 44.7 Å². The maximum absolute atomic E-state index is 13.7. The summed E-state index contributed by atoms with van der Waals surface area (Å²) in [5, 5.41) is 22.3. The summed E-state index contributed by atoms with van der Waals surface area (Å²) in [5.74, 6) is -1.55. The number of carbonyl (C=O) groups is 2. The van der Waals surface area contributed by atoms with Crippen LogP contribution in [0, 0.1) is 24.0 Å². The van der Waals surface area contributed by atoms with Gasteiger partial charge in [-0.25, -0.2) is 13.8 Å². The second-order valence-electron chi connectivity index (χ2n) is 7.83. The lowest BCUT2D eigenvalue weighted by Gasteiger charge is -2.10. The fraction of sp³-hybridized carbons (Fsp3) is 0.286. The van der Waals surface area contributed by atoms with E-state index in [-0.39, 0.29) is 32.2 Å². The van der Waals surface area contributed by atoms with Gasteiger partial charge in [0.2, 0.25) is 5.91 Å². The monoisotopic (exact) mass is 518 g/mol. The molecule has 0 bridgehead atoms. The lowest BCUT2D eigenvalue weighted by atomic mass is 10.0. The van der Waals surface area contributed by atoms with Crippen molar-refractivity contribution in [3.05, 3.63) is 50.5 Å². The van der Waals surface area contributed by atoms with Crippen LogP contribution in [0.5, 0.6) is 0 Å². The number of hydrogen-bond donors (Lipinski definition) is 2. The lowest BCUT2D eigenvalue weighted by molar-refractivity contribution is -0.385. The Kier molecular flexibility index (Phi) is 6.49. The third-order valence-electron chi connectivity index (χ3n) is 5.38. The number of halogens is 2. The zero-order valence-electron chi connectivity index (χ0n) is 19.3. The Hall–Kier alpha value is -4.27. The number of carbonyl (C=O) groups excluding carboxylic acids is 2. The Bertz CT molecular complexity index is 1520. The van der Waals surface area contributed by atoms with Gasteiger partial charge in [-0.1, -0.05) is 0 Å². The SMILES string of the molecule is CCn1cc(-c2cc(C(F)F)nc3sc(C(N)=O)c(NC(=O)Cn4cc([N+](=O)[O-])c(C)n4)c23)c(C)n1. The molecule has 15 heteroatoms. The number of amides is 2. The van der Waals surface area contributed by atoms with Gasteiger partial charge in [-0.3, -0.25) is 29.1 Å². The summed E-state index contributed by atoms with van der Waals surface area (Å²) in [7, 11) is 0. The van der Waals surface area contributed by atoms with Crippen molar-refractivity contribution in [1.82, 2.24) is 24.5 Å². The summed E-state index contributed by atoms with van der Waals surface area (Å²) < 4.78 is 30.1. The molecule has 188 valence electrons. The molecule has 0 fully saturated rings. The van der Waals surface area contributed by atoms with Crippen LogP contribution in [0.3, 0.4) is 0 Å². The van der Waals surface area contributed by atoms with Gasteiger partial charge in [0.15, 0.2) is 0 Å². The van der Waals surface area contributed by atoms with E-state index in [1.807, 2.05) is 6.92 Å². The molecule has 0 aliphatic rings. The molecule has 0 aliphatic carbocycles. The van der Waals surface area contributed by atoms with Crippen LogP contribution in [0.1, 0.15) is 40.1 Å². The molecule has 3 N–H and O–H groups in total. The van der Waals surface area contributed by atoms with E-state index in [1.165, 1.54) is 13.0 Å². The molecule has 0 unspecified atom stereocenters. The van der Waals surface area contributed by atoms with Crippen molar-refractivity contribution in [2.45, 2.75) is 40.3 Å². The van der Waals surface area contributed by atoms with E-state index < -0.39 is 35.4 Å². The average molecular weight is 519 g/mol. The first kappa shape index (κ1) is 24.8. The van der Waals surface area contributed by atoms with Crippen LogP contribution in [0.25, 0.3) is 21.3 Å². The van der Waals surface area contributed by atoms with Crippen molar-refractivity contribution in [3.63, 3.8) is 0 Å². The molecule has 0 spiro atoms. The second-order valence-corrected chi connectivity index (χ2v) is 8.83. The average Bonchev–Trinajstić information content (AvgIpc) is 3.47. The topological polar surface area (TPSA) is 164 Å². The van der Waals surface area contributed by atoms with Crippen LogP contribution in [-0.4, -0.2) is 41.3 Å².